The van der Waals surface area contributed by atoms with Crippen molar-refractivity contribution in [3.05, 3.63) is 0 Å². The van der Waals surface area contributed by atoms with Gasteiger partial charge in [-0.25, -0.2) is 4.79 Å². The number of carboxylic acids is 1. The fourth-order valence-electron chi connectivity index (χ4n) is 2.20. The number of rotatable bonds is 5. The number of hydrogen-bond donors (Lipinski definition) is 2. The molecule has 6 heteroatoms. The number of carboxylic acid groups (broad SMARTS) is 1. The maximum Gasteiger partial charge on any atom is 0.323 e. The van der Waals surface area contributed by atoms with Gasteiger partial charge in [0.15, 0.2) is 0 Å². The highest BCUT2D eigenvalue weighted by Crippen LogP contribution is 2.26. The quantitative estimate of drug-likeness (QED) is 0.801. The van der Waals surface area contributed by atoms with Crippen molar-refractivity contribution in [2.45, 2.75) is 43.9 Å². The molecule has 1 fully saturated rings. The molecule has 18 heavy (non-hydrogen) atoms. The molecular weight excluding hydrogens is 252 g/mol. The molecule has 1 rings (SSSR count). The zero-order chi connectivity index (χ0) is 13.5. The Kier molecular flexibility index (Phi) is 6.32. The third-order valence-electron chi connectivity index (χ3n) is 3.33. The third-order valence-corrected chi connectivity index (χ3v) is 4.47. The van der Waals surface area contributed by atoms with Gasteiger partial charge in [-0.3, -0.25) is 4.79 Å². The lowest BCUT2D eigenvalue weighted by Gasteiger charge is -2.30. The molecule has 0 radical (unpaired) electrons. The number of amides is 2. The van der Waals surface area contributed by atoms with Gasteiger partial charge >= 0.3 is 12.0 Å². The first-order valence-corrected chi connectivity index (χ1v) is 7.65. The molecular formula is C12H22N2O3S. The summed E-state index contributed by atoms with van der Waals surface area (Å²) in [6, 6.07) is -0.0590. The largest absolute Gasteiger partial charge is 0.480 e. The number of nitrogens with zero attached hydrogens (tertiary/aromatic N) is 1. The summed E-state index contributed by atoms with van der Waals surface area (Å²) >= 11 is 1.89. The van der Waals surface area contributed by atoms with Crippen molar-refractivity contribution in [3.63, 3.8) is 0 Å². The van der Waals surface area contributed by atoms with Gasteiger partial charge in [-0.1, -0.05) is 0 Å². The Balaban J connectivity index is 2.37. The summed E-state index contributed by atoms with van der Waals surface area (Å²) in [6.45, 7) is 1.97. The summed E-state index contributed by atoms with van der Waals surface area (Å²) in [5.41, 5.74) is 0. The van der Waals surface area contributed by atoms with E-state index >= 15 is 0 Å². The SMILES string of the molecule is CCN(CC(=O)O)C(=O)NC1CCC(SC)CC1. The Labute approximate surface area is 112 Å². The number of aliphatic carboxylic acids is 1. The molecule has 104 valence electrons. The van der Waals surface area contributed by atoms with Gasteiger partial charge in [-0.2, -0.15) is 11.8 Å². The van der Waals surface area contributed by atoms with Crippen LogP contribution in [0.5, 0.6) is 0 Å². The van der Waals surface area contributed by atoms with Crippen molar-refractivity contribution in [1.29, 1.82) is 0 Å². The molecule has 1 saturated carbocycles. The van der Waals surface area contributed by atoms with Gasteiger partial charge in [-0.05, 0) is 38.9 Å². The van der Waals surface area contributed by atoms with Crippen molar-refractivity contribution in [2.75, 3.05) is 19.3 Å². The second-order valence-corrected chi connectivity index (χ2v) is 5.70. The van der Waals surface area contributed by atoms with Crippen LogP contribution in [0.2, 0.25) is 0 Å². The summed E-state index contributed by atoms with van der Waals surface area (Å²) in [7, 11) is 0. The molecule has 0 aromatic heterocycles. The van der Waals surface area contributed by atoms with E-state index in [1.807, 2.05) is 11.8 Å². The first-order chi connectivity index (χ1) is 8.56. The third kappa shape index (κ3) is 4.76. The Bertz CT molecular complexity index is 291. The summed E-state index contributed by atoms with van der Waals surface area (Å²) in [5, 5.41) is 12.4. The Morgan fingerprint density at radius 1 is 1.33 bits per heavy atom. The topological polar surface area (TPSA) is 69.6 Å². The Morgan fingerprint density at radius 3 is 2.39 bits per heavy atom. The number of carbonyl (C=O) groups is 2. The fraction of sp³-hybridized carbons (Fsp3) is 0.833. The monoisotopic (exact) mass is 274 g/mol. The zero-order valence-corrected chi connectivity index (χ0v) is 11.8. The normalized spacial score (nSPS) is 23.4. The molecule has 5 nitrogen and oxygen atoms in total. The van der Waals surface area contributed by atoms with Gasteiger partial charge in [-0.15, -0.1) is 0 Å². The van der Waals surface area contributed by atoms with E-state index < -0.39 is 5.97 Å². The van der Waals surface area contributed by atoms with Crippen LogP contribution in [0.1, 0.15) is 32.6 Å². The second kappa shape index (κ2) is 7.51. The molecule has 0 bridgehead atoms. The lowest BCUT2D eigenvalue weighted by atomic mass is 9.95. The maximum absolute atomic E-state index is 11.9. The van der Waals surface area contributed by atoms with E-state index in [4.69, 9.17) is 5.11 Å². The van der Waals surface area contributed by atoms with E-state index in [2.05, 4.69) is 11.6 Å². The molecule has 0 aromatic rings. The van der Waals surface area contributed by atoms with Crippen LogP contribution in [0.25, 0.3) is 0 Å². The summed E-state index contributed by atoms with van der Waals surface area (Å²) in [5.74, 6) is -0.974. The Morgan fingerprint density at radius 2 is 1.94 bits per heavy atom. The van der Waals surface area contributed by atoms with Gasteiger partial charge < -0.3 is 15.3 Å². The summed E-state index contributed by atoms with van der Waals surface area (Å²) < 4.78 is 0. The van der Waals surface area contributed by atoms with Crippen LogP contribution >= 0.6 is 11.8 Å². The van der Waals surface area contributed by atoms with Gasteiger partial charge in [0, 0.05) is 17.8 Å². The van der Waals surface area contributed by atoms with Crippen LogP contribution < -0.4 is 5.32 Å². The summed E-state index contributed by atoms with van der Waals surface area (Å²) in [4.78, 5) is 23.8. The number of carbonyl (C=O) groups excluding carboxylic acids is 1. The van der Waals surface area contributed by atoms with Gasteiger partial charge in [0.1, 0.15) is 6.54 Å². The van der Waals surface area contributed by atoms with E-state index in [0.29, 0.717) is 11.8 Å². The van der Waals surface area contributed by atoms with Gasteiger partial charge in [0.05, 0.1) is 0 Å². The number of thioether (sulfide) groups is 1. The molecule has 2 N–H and O–H groups in total. The van der Waals surface area contributed by atoms with Crippen molar-refractivity contribution in [2.24, 2.45) is 0 Å². The lowest BCUT2D eigenvalue weighted by Crippen LogP contribution is -2.47. The van der Waals surface area contributed by atoms with E-state index in [1.54, 1.807) is 6.92 Å². The highest BCUT2D eigenvalue weighted by atomic mass is 32.2. The van der Waals surface area contributed by atoms with E-state index in [1.165, 1.54) is 4.90 Å². The molecule has 0 unspecified atom stereocenters. The standard InChI is InChI=1S/C12H22N2O3S/c1-3-14(8-11(15)16)12(17)13-9-4-6-10(18-2)7-5-9/h9-10H,3-8H2,1-2H3,(H,13,17)(H,15,16). The molecule has 1 aliphatic rings. The molecule has 0 atom stereocenters. The van der Waals surface area contributed by atoms with E-state index in [9.17, 15) is 9.59 Å². The predicted octanol–water partition coefficient (Wildman–Crippen LogP) is 1.78. The second-order valence-electron chi connectivity index (χ2n) is 4.57. The van der Waals surface area contributed by atoms with Crippen LogP contribution in [-0.4, -0.2) is 52.6 Å². The zero-order valence-electron chi connectivity index (χ0n) is 11.0. The molecule has 0 aromatic carbocycles. The fourth-order valence-corrected chi connectivity index (χ4v) is 2.94. The molecule has 0 saturated heterocycles. The number of urea groups is 1. The van der Waals surface area contributed by atoms with Crippen LogP contribution in [0.3, 0.4) is 0 Å². The van der Waals surface area contributed by atoms with Crippen LogP contribution in [0.15, 0.2) is 0 Å². The molecule has 1 aliphatic carbocycles. The van der Waals surface area contributed by atoms with E-state index in [0.717, 1.165) is 25.7 Å². The van der Waals surface area contributed by atoms with Crippen LogP contribution in [0, 0.1) is 0 Å². The highest BCUT2D eigenvalue weighted by Gasteiger charge is 2.23. The van der Waals surface area contributed by atoms with Crippen molar-refractivity contribution in [1.82, 2.24) is 10.2 Å². The first kappa shape index (κ1) is 15.1. The number of likely N-dealkylation sites (N-methyl/N-ethyl adjacent to an activating group) is 1. The highest BCUT2D eigenvalue weighted by molar-refractivity contribution is 7.99. The number of nitrogens with one attached hydrogen (secondary N) is 1. The molecule has 0 aliphatic heterocycles. The maximum atomic E-state index is 11.9. The van der Waals surface area contributed by atoms with E-state index in [-0.39, 0.29) is 18.6 Å². The smallest absolute Gasteiger partial charge is 0.323 e. The first-order valence-electron chi connectivity index (χ1n) is 6.36. The van der Waals surface area contributed by atoms with Crippen LogP contribution in [0.4, 0.5) is 4.79 Å². The van der Waals surface area contributed by atoms with Crippen molar-refractivity contribution < 1.29 is 14.7 Å². The van der Waals surface area contributed by atoms with Crippen molar-refractivity contribution in [3.8, 4) is 0 Å². The minimum atomic E-state index is -0.974. The van der Waals surface area contributed by atoms with Gasteiger partial charge in [0.2, 0.25) is 0 Å². The minimum Gasteiger partial charge on any atom is -0.480 e. The summed E-state index contributed by atoms with van der Waals surface area (Å²) in [6.07, 6.45) is 6.34. The van der Waals surface area contributed by atoms with Crippen LogP contribution in [-0.2, 0) is 4.79 Å². The number of hydrogen-bond acceptors (Lipinski definition) is 3. The molecule has 0 heterocycles. The predicted molar refractivity (Wildman–Crippen MR) is 73.0 cm³/mol. The average Bonchev–Trinajstić information content (AvgIpc) is 2.36. The van der Waals surface area contributed by atoms with Gasteiger partial charge in [0.25, 0.3) is 0 Å². The van der Waals surface area contributed by atoms with Crippen molar-refractivity contribution >= 4 is 23.8 Å². The minimum absolute atomic E-state index is 0.198. The lowest BCUT2D eigenvalue weighted by molar-refractivity contribution is -0.137. The molecule has 2 amide bonds. The average molecular weight is 274 g/mol. The Hall–Kier alpha value is -0.910. The molecule has 0 spiro atoms.